The van der Waals surface area contributed by atoms with E-state index in [1.807, 2.05) is 0 Å². The van der Waals surface area contributed by atoms with Crippen molar-refractivity contribution in [2.75, 3.05) is 26.2 Å². The van der Waals surface area contributed by atoms with Crippen molar-refractivity contribution in [1.82, 2.24) is 10.2 Å². The van der Waals surface area contributed by atoms with E-state index in [0.717, 1.165) is 32.2 Å². The molecule has 124 valence electrons. The second-order valence-corrected chi connectivity index (χ2v) is 8.69. The molecule has 0 aromatic carbocycles. The summed E-state index contributed by atoms with van der Waals surface area (Å²) in [6.07, 6.45) is 4.01. The van der Waals surface area contributed by atoms with E-state index in [2.05, 4.69) is 51.8 Å². The smallest absolute Gasteiger partial charge is 0.0753 e. The zero-order valence-electron chi connectivity index (χ0n) is 15.0. The lowest BCUT2D eigenvalue weighted by Gasteiger charge is -2.50. The number of nitrogens with zero attached hydrogens (tertiary/aromatic N) is 1. The summed E-state index contributed by atoms with van der Waals surface area (Å²) < 4.78 is 5.91. The molecule has 21 heavy (non-hydrogen) atoms. The predicted octanol–water partition coefficient (Wildman–Crippen LogP) is 3.29. The van der Waals surface area contributed by atoms with Crippen LogP contribution in [0.25, 0.3) is 0 Å². The minimum atomic E-state index is 0.00366. The highest BCUT2D eigenvalue weighted by atomic mass is 16.5. The fourth-order valence-corrected chi connectivity index (χ4v) is 4.17. The molecule has 3 nitrogen and oxygen atoms in total. The fourth-order valence-electron chi connectivity index (χ4n) is 4.17. The predicted molar refractivity (Wildman–Crippen MR) is 89.7 cm³/mol. The molecule has 0 amide bonds. The van der Waals surface area contributed by atoms with Gasteiger partial charge in [0.25, 0.3) is 0 Å². The monoisotopic (exact) mass is 296 g/mol. The number of hydrogen-bond donors (Lipinski definition) is 1. The Morgan fingerprint density at radius 2 is 1.95 bits per heavy atom. The van der Waals surface area contributed by atoms with Crippen molar-refractivity contribution in [3.05, 3.63) is 0 Å². The van der Waals surface area contributed by atoms with Crippen molar-refractivity contribution < 1.29 is 4.74 Å². The van der Waals surface area contributed by atoms with E-state index in [4.69, 9.17) is 4.74 Å². The third-order valence-corrected chi connectivity index (χ3v) is 5.43. The Balaban J connectivity index is 2.10. The average Bonchev–Trinajstić information content (AvgIpc) is 2.37. The standard InChI is InChI=1S/C18H36N2O/c1-7-19-15-9-8-14(17(2,3)4)12-16(15)20-10-11-21-18(5,6)13-20/h14-16,19H,7-13H2,1-6H3. The molecule has 0 spiro atoms. The van der Waals surface area contributed by atoms with Crippen LogP contribution in [0.3, 0.4) is 0 Å². The molecule has 0 aromatic heterocycles. The molecule has 0 radical (unpaired) electrons. The lowest BCUT2D eigenvalue weighted by atomic mass is 9.69. The fraction of sp³-hybridized carbons (Fsp3) is 1.00. The van der Waals surface area contributed by atoms with Crippen LogP contribution in [-0.2, 0) is 4.74 Å². The van der Waals surface area contributed by atoms with Gasteiger partial charge in [-0.2, -0.15) is 0 Å². The molecule has 1 saturated heterocycles. The lowest BCUT2D eigenvalue weighted by molar-refractivity contribution is -0.108. The van der Waals surface area contributed by atoms with Crippen molar-refractivity contribution in [2.24, 2.45) is 11.3 Å². The largest absolute Gasteiger partial charge is 0.373 e. The molecule has 1 heterocycles. The van der Waals surface area contributed by atoms with E-state index in [-0.39, 0.29) is 5.60 Å². The van der Waals surface area contributed by atoms with Crippen LogP contribution in [0.15, 0.2) is 0 Å². The molecule has 1 N–H and O–H groups in total. The Kier molecular flexibility index (Phi) is 5.38. The van der Waals surface area contributed by atoms with Crippen molar-refractivity contribution in [3.8, 4) is 0 Å². The van der Waals surface area contributed by atoms with E-state index in [1.165, 1.54) is 19.3 Å². The topological polar surface area (TPSA) is 24.5 Å². The first-order valence-electron chi connectivity index (χ1n) is 8.84. The molecular weight excluding hydrogens is 260 g/mol. The molecule has 3 unspecified atom stereocenters. The minimum Gasteiger partial charge on any atom is -0.373 e. The van der Waals surface area contributed by atoms with Crippen LogP contribution in [0, 0.1) is 11.3 Å². The molecule has 2 aliphatic rings. The van der Waals surface area contributed by atoms with Gasteiger partial charge in [-0.25, -0.2) is 0 Å². The lowest BCUT2D eigenvalue weighted by Crippen LogP contribution is -2.60. The average molecular weight is 296 g/mol. The summed E-state index contributed by atoms with van der Waals surface area (Å²) in [6, 6.07) is 1.33. The highest BCUT2D eigenvalue weighted by molar-refractivity contribution is 4.96. The summed E-state index contributed by atoms with van der Waals surface area (Å²) in [7, 11) is 0. The molecule has 3 atom stereocenters. The first-order chi connectivity index (χ1) is 9.73. The van der Waals surface area contributed by atoms with Crippen molar-refractivity contribution in [2.45, 2.75) is 78.5 Å². The van der Waals surface area contributed by atoms with Crippen LogP contribution in [0.2, 0.25) is 0 Å². The third-order valence-electron chi connectivity index (χ3n) is 5.43. The van der Waals surface area contributed by atoms with Gasteiger partial charge in [-0.05, 0) is 51.0 Å². The highest BCUT2D eigenvalue weighted by Gasteiger charge is 2.40. The van der Waals surface area contributed by atoms with Crippen LogP contribution in [0.4, 0.5) is 0 Å². The Labute approximate surface area is 131 Å². The van der Waals surface area contributed by atoms with Gasteiger partial charge < -0.3 is 10.1 Å². The van der Waals surface area contributed by atoms with Crippen molar-refractivity contribution >= 4 is 0 Å². The SMILES string of the molecule is CCNC1CCC(C(C)(C)C)CC1N1CCOC(C)(C)C1. The van der Waals surface area contributed by atoms with Gasteiger partial charge in [0.1, 0.15) is 0 Å². The molecule has 3 heteroatoms. The Morgan fingerprint density at radius 1 is 1.24 bits per heavy atom. The molecule has 2 fully saturated rings. The quantitative estimate of drug-likeness (QED) is 0.865. The number of likely N-dealkylation sites (N-methyl/N-ethyl adjacent to an activating group) is 1. The van der Waals surface area contributed by atoms with Gasteiger partial charge >= 0.3 is 0 Å². The summed E-state index contributed by atoms with van der Waals surface area (Å²) in [5.41, 5.74) is 0.431. The van der Waals surface area contributed by atoms with Crippen LogP contribution in [0.1, 0.15) is 60.8 Å². The molecule has 1 aliphatic heterocycles. The van der Waals surface area contributed by atoms with E-state index in [0.29, 0.717) is 17.5 Å². The molecule has 1 aliphatic carbocycles. The zero-order chi connectivity index (χ0) is 15.7. The van der Waals surface area contributed by atoms with Crippen molar-refractivity contribution in [3.63, 3.8) is 0 Å². The minimum absolute atomic E-state index is 0.00366. The summed E-state index contributed by atoms with van der Waals surface area (Å²) >= 11 is 0. The van der Waals surface area contributed by atoms with Gasteiger partial charge in [0, 0.05) is 25.2 Å². The molecule has 0 aromatic rings. The maximum atomic E-state index is 5.91. The van der Waals surface area contributed by atoms with Gasteiger partial charge in [0.2, 0.25) is 0 Å². The second-order valence-electron chi connectivity index (χ2n) is 8.69. The molecule has 2 rings (SSSR count). The summed E-state index contributed by atoms with van der Waals surface area (Å²) in [4.78, 5) is 2.70. The number of rotatable bonds is 3. The normalized spacial score (nSPS) is 34.9. The number of nitrogens with one attached hydrogen (secondary N) is 1. The molecule has 1 saturated carbocycles. The summed E-state index contributed by atoms with van der Waals surface area (Å²) in [6.45, 7) is 18.0. The van der Waals surface area contributed by atoms with Gasteiger partial charge in [-0.3, -0.25) is 4.90 Å². The first kappa shape index (κ1) is 17.2. The van der Waals surface area contributed by atoms with Gasteiger partial charge in [0.15, 0.2) is 0 Å². The first-order valence-corrected chi connectivity index (χ1v) is 8.84. The number of hydrogen-bond acceptors (Lipinski definition) is 3. The Bertz CT molecular complexity index is 331. The third kappa shape index (κ3) is 4.43. The van der Waals surface area contributed by atoms with Crippen LogP contribution in [-0.4, -0.2) is 48.8 Å². The maximum absolute atomic E-state index is 5.91. The van der Waals surface area contributed by atoms with E-state index < -0.39 is 0 Å². The van der Waals surface area contributed by atoms with Crippen molar-refractivity contribution in [1.29, 1.82) is 0 Å². The number of morpholine rings is 1. The molecular formula is C18H36N2O. The van der Waals surface area contributed by atoms with Crippen LogP contribution < -0.4 is 5.32 Å². The Hall–Kier alpha value is -0.120. The van der Waals surface area contributed by atoms with Gasteiger partial charge in [-0.15, -0.1) is 0 Å². The zero-order valence-corrected chi connectivity index (χ0v) is 15.0. The van der Waals surface area contributed by atoms with Crippen LogP contribution >= 0.6 is 0 Å². The Morgan fingerprint density at radius 3 is 2.52 bits per heavy atom. The van der Waals surface area contributed by atoms with Gasteiger partial charge in [0.05, 0.1) is 12.2 Å². The molecule has 0 bridgehead atoms. The highest BCUT2D eigenvalue weighted by Crippen LogP contribution is 2.40. The van der Waals surface area contributed by atoms with E-state index in [1.54, 1.807) is 0 Å². The van der Waals surface area contributed by atoms with Gasteiger partial charge in [-0.1, -0.05) is 27.7 Å². The van der Waals surface area contributed by atoms with E-state index >= 15 is 0 Å². The van der Waals surface area contributed by atoms with Crippen LogP contribution in [0.5, 0.6) is 0 Å². The summed E-state index contributed by atoms with van der Waals surface area (Å²) in [5, 5.41) is 3.75. The van der Waals surface area contributed by atoms with E-state index in [9.17, 15) is 0 Å². The maximum Gasteiger partial charge on any atom is 0.0753 e. The second kappa shape index (κ2) is 6.55. The summed E-state index contributed by atoms with van der Waals surface area (Å²) in [5.74, 6) is 0.836. The number of ether oxygens (including phenoxy) is 1.